The van der Waals surface area contributed by atoms with Crippen LogP contribution in [0.5, 0.6) is 0 Å². The van der Waals surface area contributed by atoms with E-state index < -0.39 is 0 Å². The zero-order chi connectivity index (χ0) is 37.3. The third-order valence-electron chi connectivity index (χ3n) is 12.1. The van der Waals surface area contributed by atoms with Crippen LogP contribution < -0.4 is 0 Å². The Kier molecular flexibility index (Phi) is 7.44. The first-order valence-electron chi connectivity index (χ1n) is 19.6. The van der Waals surface area contributed by atoms with Crippen molar-refractivity contribution in [2.75, 3.05) is 0 Å². The van der Waals surface area contributed by atoms with Gasteiger partial charge in [0.05, 0.1) is 0 Å². The van der Waals surface area contributed by atoms with Crippen molar-refractivity contribution >= 4 is 77.2 Å². The number of hydrogen-bond donors (Lipinski definition) is 0. The second-order valence-corrected chi connectivity index (χ2v) is 15.1. The predicted molar refractivity (Wildman–Crippen MR) is 241 cm³/mol. The molecule has 1 heterocycles. The van der Waals surface area contributed by atoms with Gasteiger partial charge < -0.3 is 4.42 Å². The van der Waals surface area contributed by atoms with E-state index in [0.717, 1.165) is 34.8 Å². The molecule has 1 aliphatic carbocycles. The lowest BCUT2D eigenvalue weighted by Gasteiger charge is -2.25. The molecule has 0 radical (unpaired) electrons. The minimum Gasteiger partial charge on any atom is -0.456 e. The van der Waals surface area contributed by atoms with Crippen molar-refractivity contribution in [3.8, 4) is 33.4 Å². The molecule has 9 aromatic carbocycles. The topological polar surface area (TPSA) is 13.1 Å². The summed E-state index contributed by atoms with van der Waals surface area (Å²) in [6.45, 7) is 6.26. The maximum atomic E-state index is 6.18. The molecule has 10 aromatic rings. The van der Waals surface area contributed by atoms with Crippen LogP contribution in [0.4, 0.5) is 0 Å². The Morgan fingerprint density at radius 3 is 2.02 bits per heavy atom. The van der Waals surface area contributed by atoms with Gasteiger partial charge in [-0.15, -0.1) is 0 Å². The predicted octanol–water partition coefficient (Wildman–Crippen LogP) is 15.7. The second-order valence-electron chi connectivity index (χ2n) is 15.1. The molecular formula is C55H38O. The van der Waals surface area contributed by atoms with Gasteiger partial charge in [-0.2, -0.15) is 0 Å². The molecule has 0 amide bonds. The van der Waals surface area contributed by atoms with Crippen molar-refractivity contribution < 1.29 is 4.42 Å². The van der Waals surface area contributed by atoms with E-state index in [0.29, 0.717) is 0 Å². The van der Waals surface area contributed by atoms with Crippen LogP contribution in [-0.4, -0.2) is 0 Å². The first-order chi connectivity index (χ1) is 27.7. The zero-order valence-corrected chi connectivity index (χ0v) is 31.3. The average molecular weight is 715 g/mol. The number of furan rings is 1. The van der Waals surface area contributed by atoms with Crippen molar-refractivity contribution in [1.29, 1.82) is 0 Å². The van der Waals surface area contributed by atoms with Crippen molar-refractivity contribution in [2.45, 2.75) is 19.8 Å². The Bertz CT molecular complexity index is 3330. The third-order valence-corrected chi connectivity index (χ3v) is 12.1. The van der Waals surface area contributed by atoms with Crippen LogP contribution in [0.1, 0.15) is 28.7 Å². The molecule has 0 saturated heterocycles. The number of allylic oxidation sites excluding steroid dienone is 3. The maximum Gasteiger partial charge on any atom is 0.135 e. The summed E-state index contributed by atoms with van der Waals surface area (Å²) in [6.07, 6.45) is 12.9. The molecule has 0 unspecified atom stereocenters. The molecule has 264 valence electrons. The molecule has 1 heteroatoms. The summed E-state index contributed by atoms with van der Waals surface area (Å²) in [5, 5.41) is 12.6. The minimum absolute atomic E-state index is 0.917. The van der Waals surface area contributed by atoms with Crippen LogP contribution in [0.3, 0.4) is 0 Å². The highest BCUT2D eigenvalue weighted by Crippen LogP contribution is 2.49. The van der Waals surface area contributed by atoms with E-state index >= 15 is 0 Å². The standard InChI is InChI=1S/C55H38O/c1-3-4-18-39-34(2)38-19-5-6-20-40(38)49-33-50(41-21-7-8-23-43(41)54(39)49)55-46-26-11-9-24-44(46)53(45-25-10-12-27-47(45)55)37-17-15-16-35(31-37)36-29-30-52-48(32-36)42-22-13-14-28-51(42)56-52/h3-11,13-26,28-33H,1,12,27H2,2H3/b18-4-. The average Bonchev–Trinajstić information content (AvgIpc) is 3.63. The van der Waals surface area contributed by atoms with E-state index in [4.69, 9.17) is 4.42 Å². The minimum atomic E-state index is 0.917. The van der Waals surface area contributed by atoms with E-state index in [-0.39, 0.29) is 0 Å². The van der Waals surface area contributed by atoms with Crippen LogP contribution in [0.2, 0.25) is 0 Å². The van der Waals surface area contributed by atoms with Gasteiger partial charge in [0.15, 0.2) is 0 Å². The largest absolute Gasteiger partial charge is 0.456 e. The molecule has 0 aliphatic heterocycles. The molecule has 0 fully saturated rings. The maximum absolute atomic E-state index is 6.18. The monoisotopic (exact) mass is 714 g/mol. The van der Waals surface area contributed by atoms with Crippen molar-refractivity contribution in [3.05, 3.63) is 193 Å². The number of fused-ring (bicyclic) bond motifs is 10. The van der Waals surface area contributed by atoms with E-state index in [1.54, 1.807) is 0 Å². The Morgan fingerprint density at radius 1 is 0.536 bits per heavy atom. The summed E-state index contributed by atoms with van der Waals surface area (Å²) < 4.78 is 6.18. The Labute approximate surface area is 326 Å². The van der Waals surface area contributed by atoms with Gasteiger partial charge in [0.25, 0.3) is 0 Å². The van der Waals surface area contributed by atoms with Gasteiger partial charge in [-0.3, -0.25) is 0 Å². The fourth-order valence-corrected chi connectivity index (χ4v) is 9.60. The lowest BCUT2D eigenvalue weighted by molar-refractivity contribution is 0.669. The first kappa shape index (κ1) is 32.5. The second kappa shape index (κ2) is 12.8. The highest BCUT2D eigenvalue weighted by Gasteiger charge is 2.24. The molecule has 0 bridgehead atoms. The van der Waals surface area contributed by atoms with Crippen LogP contribution in [0.15, 0.2) is 175 Å². The van der Waals surface area contributed by atoms with Crippen molar-refractivity contribution in [1.82, 2.24) is 0 Å². The zero-order valence-electron chi connectivity index (χ0n) is 31.3. The van der Waals surface area contributed by atoms with Gasteiger partial charge in [0.2, 0.25) is 0 Å². The van der Waals surface area contributed by atoms with Crippen molar-refractivity contribution in [3.63, 3.8) is 0 Å². The molecular weight excluding hydrogens is 677 g/mol. The van der Waals surface area contributed by atoms with Gasteiger partial charge in [-0.25, -0.2) is 0 Å². The summed E-state index contributed by atoms with van der Waals surface area (Å²) in [5.74, 6) is 0. The van der Waals surface area contributed by atoms with Crippen molar-refractivity contribution in [2.24, 2.45) is 0 Å². The normalized spacial score (nSPS) is 12.9. The number of para-hydroxylation sites is 1. The molecule has 11 rings (SSSR count). The van der Waals surface area contributed by atoms with Gasteiger partial charge in [0.1, 0.15) is 11.2 Å². The summed E-state index contributed by atoms with van der Waals surface area (Å²) in [4.78, 5) is 0. The first-order valence-corrected chi connectivity index (χ1v) is 19.6. The fraction of sp³-hybridized carbons (Fsp3) is 0.0545. The lowest BCUT2D eigenvalue weighted by atomic mass is 9.78. The summed E-state index contributed by atoms with van der Waals surface area (Å²) in [6, 6.07) is 53.5. The SMILES string of the molecule is C=C/C=C\c1c(C)c2ccccc2c2cc(-c3c4c(c(-c5cccc(-c6ccc7oc8ccccc8c7c6)c5)c5ccccc35)C=CCC4)c3ccccc3c12. The number of hydrogen-bond acceptors (Lipinski definition) is 1. The van der Waals surface area contributed by atoms with Gasteiger partial charge in [-0.1, -0.05) is 152 Å². The Balaban J connectivity index is 1.19. The Morgan fingerprint density at radius 2 is 1.20 bits per heavy atom. The number of rotatable bonds is 5. The highest BCUT2D eigenvalue weighted by molar-refractivity contribution is 6.26. The lowest BCUT2D eigenvalue weighted by Crippen LogP contribution is -2.03. The quantitative estimate of drug-likeness (QED) is 0.128. The van der Waals surface area contributed by atoms with E-state index in [9.17, 15) is 0 Å². The van der Waals surface area contributed by atoms with Gasteiger partial charge >= 0.3 is 0 Å². The molecule has 0 spiro atoms. The fourth-order valence-electron chi connectivity index (χ4n) is 9.60. The molecule has 1 aromatic heterocycles. The molecule has 1 aliphatic rings. The van der Waals surface area contributed by atoms with Crippen LogP contribution in [-0.2, 0) is 6.42 Å². The summed E-state index contributed by atoms with van der Waals surface area (Å²) in [7, 11) is 0. The smallest absolute Gasteiger partial charge is 0.135 e. The molecule has 0 N–H and O–H groups in total. The van der Waals surface area contributed by atoms with E-state index in [1.807, 2.05) is 18.2 Å². The van der Waals surface area contributed by atoms with Gasteiger partial charge in [0, 0.05) is 10.8 Å². The van der Waals surface area contributed by atoms with Crippen LogP contribution >= 0.6 is 0 Å². The van der Waals surface area contributed by atoms with Crippen LogP contribution in [0, 0.1) is 6.92 Å². The molecule has 56 heavy (non-hydrogen) atoms. The Hall–Kier alpha value is -6.96. The molecule has 1 nitrogen and oxygen atoms in total. The van der Waals surface area contributed by atoms with E-state index in [1.165, 1.54) is 98.7 Å². The van der Waals surface area contributed by atoms with Crippen LogP contribution in [0.25, 0.3) is 111 Å². The number of aryl methyl sites for hydroxylation is 1. The third kappa shape index (κ3) is 4.87. The molecule has 0 saturated carbocycles. The number of benzene rings is 9. The summed E-state index contributed by atoms with van der Waals surface area (Å²) in [5.41, 5.74) is 14.7. The van der Waals surface area contributed by atoms with E-state index in [2.05, 4.69) is 171 Å². The summed E-state index contributed by atoms with van der Waals surface area (Å²) >= 11 is 0. The highest BCUT2D eigenvalue weighted by atomic mass is 16.3. The van der Waals surface area contributed by atoms with Gasteiger partial charge in [-0.05, 0) is 149 Å². The molecule has 0 atom stereocenters.